The zero-order valence-corrected chi connectivity index (χ0v) is 51.1. The second-order valence-corrected chi connectivity index (χ2v) is 23.9. The summed E-state index contributed by atoms with van der Waals surface area (Å²) >= 11 is 0. The predicted molar refractivity (Wildman–Crippen MR) is 329 cm³/mol. The van der Waals surface area contributed by atoms with Crippen LogP contribution in [0.25, 0.3) is 0 Å². The fourth-order valence-electron chi connectivity index (χ4n) is 11.1. The summed E-state index contributed by atoms with van der Waals surface area (Å²) in [4.78, 5) is 24.6. The second kappa shape index (κ2) is 65.1. The Hall–Kier alpha value is -1.40. The van der Waals surface area contributed by atoms with Crippen LogP contribution in [0.3, 0.4) is 0 Å². The molecular weight excluding hydrogens is 923 g/mol. The molecule has 75 heavy (non-hydrogen) atoms. The largest absolute Gasteiger partial charge is 0.466 e. The molecule has 446 valence electrons. The van der Waals surface area contributed by atoms with Crippen molar-refractivity contribution in [3.63, 3.8) is 0 Å². The quantitative estimate of drug-likeness (QED) is 0.0320. The Morgan fingerprint density at radius 1 is 0.360 bits per heavy atom. The lowest BCUT2D eigenvalue weighted by Gasteiger charge is -2.22. The number of esters is 1. The summed E-state index contributed by atoms with van der Waals surface area (Å²) in [6, 6.07) is -0.547. The van der Waals surface area contributed by atoms with E-state index in [9.17, 15) is 19.8 Å². The number of nitrogens with one attached hydrogen (secondary N) is 1. The molecular formula is C69H135NO5. The molecule has 1 amide bonds. The van der Waals surface area contributed by atoms with Crippen LogP contribution in [0.15, 0.2) is 12.2 Å². The average Bonchev–Trinajstić information content (AvgIpc) is 3.41. The number of amides is 1. The fraction of sp³-hybridized carbons (Fsp3) is 0.942. The predicted octanol–water partition coefficient (Wildman–Crippen LogP) is 22.0. The van der Waals surface area contributed by atoms with E-state index in [0.717, 1.165) is 38.5 Å². The van der Waals surface area contributed by atoms with Gasteiger partial charge in [-0.1, -0.05) is 341 Å². The molecule has 0 fully saturated rings. The molecule has 6 heteroatoms. The second-order valence-electron chi connectivity index (χ2n) is 23.9. The van der Waals surface area contributed by atoms with Crippen molar-refractivity contribution in [3.05, 3.63) is 12.2 Å². The molecule has 0 aliphatic heterocycles. The van der Waals surface area contributed by atoms with Crippen molar-refractivity contribution in [2.24, 2.45) is 0 Å². The number of aliphatic hydroxyl groups excluding tert-OH is 2. The van der Waals surface area contributed by atoms with E-state index in [2.05, 4.69) is 31.3 Å². The molecule has 0 aromatic heterocycles. The van der Waals surface area contributed by atoms with E-state index in [1.54, 1.807) is 0 Å². The highest BCUT2D eigenvalue weighted by atomic mass is 16.5. The first kappa shape index (κ1) is 73.6. The molecule has 0 aromatic rings. The van der Waals surface area contributed by atoms with Gasteiger partial charge in [0, 0.05) is 12.8 Å². The summed E-state index contributed by atoms with van der Waals surface area (Å²) < 4.78 is 5.50. The zero-order valence-electron chi connectivity index (χ0n) is 51.1. The molecule has 0 radical (unpaired) electrons. The highest BCUT2D eigenvalue weighted by Gasteiger charge is 2.20. The monoisotopic (exact) mass is 1060 g/mol. The number of ether oxygens (including phenoxy) is 1. The number of allylic oxidation sites excluding steroid dienone is 2. The molecule has 0 aliphatic carbocycles. The minimum Gasteiger partial charge on any atom is -0.466 e. The van der Waals surface area contributed by atoms with Crippen LogP contribution in [0.4, 0.5) is 0 Å². The molecule has 0 spiro atoms. The van der Waals surface area contributed by atoms with Gasteiger partial charge in [0.2, 0.25) is 5.91 Å². The van der Waals surface area contributed by atoms with E-state index >= 15 is 0 Å². The van der Waals surface area contributed by atoms with Gasteiger partial charge in [0.15, 0.2) is 0 Å². The van der Waals surface area contributed by atoms with E-state index in [0.29, 0.717) is 25.9 Å². The maximum absolute atomic E-state index is 12.5. The van der Waals surface area contributed by atoms with Crippen LogP contribution < -0.4 is 5.32 Å². The summed E-state index contributed by atoms with van der Waals surface area (Å²) in [6.45, 7) is 4.99. The Balaban J connectivity index is 3.40. The van der Waals surface area contributed by atoms with Gasteiger partial charge in [0.1, 0.15) is 0 Å². The number of hydrogen-bond donors (Lipinski definition) is 3. The van der Waals surface area contributed by atoms with E-state index in [1.807, 2.05) is 0 Å². The van der Waals surface area contributed by atoms with E-state index in [-0.39, 0.29) is 18.5 Å². The van der Waals surface area contributed by atoms with Crippen LogP contribution >= 0.6 is 0 Å². The average molecular weight is 1060 g/mol. The van der Waals surface area contributed by atoms with Crippen LogP contribution in [-0.2, 0) is 14.3 Å². The lowest BCUT2D eigenvalue weighted by Crippen LogP contribution is -2.45. The highest BCUT2D eigenvalue weighted by Crippen LogP contribution is 2.19. The normalized spacial score (nSPS) is 12.5. The van der Waals surface area contributed by atoms with Crippen LogP contribution in [0, 0.1) is 0 Å². The number of carbonyl (C=O) groups is 2. The minimum atomic E-state index is -0.669. The Morgan fingerprint density at radius 2 is 0.627 bits per heavy atom. The minimum absolute atomic E-state index is 0.0134. The molecule has 2 unspecified atom stereocenters. The Labute approximate surface area is 469 Å². The molecule has 0 saturated heterocycles. The van der Waals surface area contributed by atoms with Gasteiger partial charge in [-0.3, -0.25) is 9.59 Å². The molecule has 0 heterocycles. The van der Waals surface area contributed by atoms with Gasteiger partial charge in [-0.15, -0.1) is 0 Å². The Bertz CT molecular complexity index is 1130. The molecule has 0 saturated carbocycles. The third-order valence-electron chi connectivity index (χ3n) is 16.3. The highest BCUT2D eigenvalue weighted by molar-refractivity contribution is 5.76. The van der Waals surface area contributed by atoms with Crippen molar-refractivity contribution < 1.29 is 24.5 Å². The number of rotatable bonds is 65. The summed E-state index contributed by atoms with van der Waals surface area (Å²) in [5.41, 5.74) is 0. The maximum atomic E-state index is 12.5. The summed E-state index contributed by atoms with van der Waals surface area (Å²) in [6.07, 6.45) is 79.6. The van der Waals surface area contributed by atoms with Crippen molar-refractivity contribution in [3.8, 4) is 0 Å². The molecule has 0 aromatic carbocycles. The first-order chi connectivity index (χ1) is 37.0. The van der Waals surface area contributed by atoms with Crippen LogP contribution in [0.2, 0.25) is 0 Å². The van der Waals surface area contributed by atoms with Crippen molar-refractivity contribution in [1.29, 1.82) is 0 Å². The molecule has 6 nitrogen and oxygen atoms in total. The first-order valence-electron chi connectivity index (χ1n) is 34.4. The number of unbranched alkanes of at least 4 members (excludes halogenated alkanes) is 52. The van der Waals surface area contributed by atoms with Gasteiger partial charge in [-0.25, -0.2) is 0 Å². The van der Waals surface area contributed by atoms with Crippen molar-refractivity contribution in [1.82, 2.24) is 5.32 Å². The molecule has 0 bridgehead atoms. The summed E-state index contributed by atoms with van der Waals surface area (Å²) in [5.74, 6) is -0.0249. The van der Waals surface area contributed by atoms with Crippen LogP contribution in [-0.4, -0.2) is 47.4 Å². The van der Waals surface area contributed by atoms with Gasteiger partial charge < -0.3 is 20.3 Å². The number of hydrogen-bond acceptors (Lipinski definition) is 5. The SMILES string of the molecule is CCCCCCCCCCCCCCCCCCCCCCC(O)C(CO)NC(=O)CCCCCCCCC/C=C\CCCCCCCCCCCCOC(=O)CCCCCCCCCCCCCCCCCCC. The summed E-state index contributed by atoms with van der Waals surface area (Å²) in [7, 11) is 0. The standard InChI is InChI=1S/C69H135NO5/c1-3-5-7-9-11-13-15-17-19-21-22-26-30-33-37-41-45-49-53-57-61-67(72)66(65-71)70-68(73)62-58-54-50-46-42-38-34-31-27-24-23-25-28-32-36-40-44-48-52-56-60-64-75-69(74)63-59-55-51-47-43-39-35-29-20-18-16-14-12-10-8-6-4-2/h24,27,66-67,71-72H,3-23,25-26,28-65H2,1-2H3,(H,70,73)/b27-24-. The van der Waals surface area contributed by atoms with Gasteiger partial charge in [0.05, 0.1) is 25.4 Å². The van der Waals surface area contributed by atoms with Crippen molar-refractivity contribution >= 4 is 11.9 Å². The molecule has 0 aliphatic rings. The van der Waals surface area contributed by atoms with Crippen molar-refractivity contribution in [2.75, 3.05) is 13.2 Å². The smallest absolute Gasteiger partial charge is 0.305 e. The Kier molecular flexibility index (Phi) is 63.9. The maximum Gasteiger partial charge on any atom is 0.305 e. The van der Waals surface area contributed by atoms with Crippen LogP contribution in [0.5, 0.6) is 0 Å². The third-order valence-corrected chi connectivity index (χ3v) is 16.3. The fourth-order valence-corrected chi connectivity index (χ4v) is 11.1. The molecule has 2 atom stereocenters. The lowest BCUT2D eigenvalue weighted by molar-refractivity contribution is -0.143. The summed E-state index contributed by atoms with van der Waals surface area (Å²) in [5, 5.41) is 23.4. The van der Waals surface area contributed by atoms with Gasteiger partial charge >= 0.3 is 5.97 Å². The number of carbonyl (C=O) groups excluding carboxylic acids is 2. The van der Waals surface area contributed by atoms with Gasteiger partial charge in [-0.2, -0.15) is 0 Å². The molecule has 3 N–H and O–H groups in total. The van der Waals surface area contributed by atoms with Crippen LogP contribution in [0.1, 0.15) is 393 Å². The van der Waals surface area contributed by atoms with E-state index in [1.165, 1.54) is 321 Å². The Morgan fingerprint density at radius 3 is 0.947 bits per heavy atom. The van der Waals surface area contributed by atoms with Gasteiger partial charge in [0.25, 0.3) is 0 Å². The topological polar surface area (TPSA) is 95.9 Å². The first-order valence-corrected chi connectivity index (χ1v) is 34.4. The van der Waals surface area contributed by atoms with Gasteiger partial charge in [-0.05, 0) is 51.4 Å². The van der Waals surface area contributed by atoms with E-state index < -0.39 is 12.1 Å². The zero-order chi connectivity index (χ0) is 54.3. The van der Waals surface area contributed by atoms with Crippen molar-refractivity contribution in [2.45, 2.75) is 405 Å². The molecule has 0 rings (SSSR count). The lowest BCUT2D eigenvalue weighted by atomic mass is 10.0. The van der Waals surface area contributed by atoms with E-state index in [4.69, 9.17) is 4.74 Å². The number of aliphatic hydroxyl groups is 2. The third kappa shape index (κ3) is 61.7.